The predicted molar refractivity (Wildman–Crippen MR) is 104 cm³/mol. The van der Waals surface area contributed by atoms with Gasteiger partial charge in [-0.05, 0) is 36.4 Å². The fourth-order valence-electron chi connectivity index (χ4n) is 2.43. The molecule has 28 heavy (non-hydrogen) atoms. The van der Waals surface area contributed by atoms with Crippen LogP contribution in [-0.2, 0) is 4.74 Å². The van der Waals surface area contributed by atoms with Crippen molar-refractivity contribution in [1.29, 1.82) is 0 Å². The number of esters is 1. The van der Waals surface area contributed by atoms with Crippen LogP contribution in [0.25, 0.3) is 0 Å². The number of carbonyl (C=O) groups is 2. The molecule has 0 saturated heterocycles. The van der Waals surface area contributed by atoms with Crippen LogP contribution in [0.2, 0.25) is 0 Å². The first kappa shape index (κ1) is 18.7. The zero-order valence-electron chi connectivity index (χ0n) is 15.0. The molecule has 0 fully saturated rings. The Hall–Kier alpha value is -4.11. The van der Waals surface area contributed by atoms with Gasteiger partial charge in [0.05, 0.1) is 18.2 Å². The summed E-state index contributed by atoms with van der Waals surface area (Å²) in [6, 6.07) is 16.8. The van der Waals surface area contributed by atoms with Crippen LogP contribution >= 0.6 is 0 Å². The molecule has 0 radical (unpaired) electrons. The van der Waals surface area contributed by atoms with Crippen molar-refractivity contribution in [2.75, 3.05) is 12.4 Å². The molecule has 1 N–H and O–H groups in total. The highest BCUT2D eigenvalue weighted by Gasteiger charge is 2.07. The van der Waals surface area contributed by atoms with Crippen molar-refractivity contribution in [2.24, 2.45) is 0 Å². The van der Waals surface area contributed by atoms with Crippen LogP contribution in [0, 0.1) is 17.0 Å². The molecule has 138 valence electrons. The lowest BCUT2D eigenvalue weighted by molar-refractivity contribution is -0.605. The Bertz CT molecular complexity index is 1080. The molecule has 0 aliphatic carbocycles. The van der Waals surface area contributed by atoms with E-state index in [0.29, 0.717) is 32.7 Å². The van der Waals surface area contributed by atoms with E-state index in [1.54, 1.807) is 42.5 Å². The number of anilines is 1. The molecule has 3 rings (SSSR count). The van der Waals surface area contributed by atoms with E-state index in [1.165, 1.54) is 31.6 Å². The zero-order chi connectivity index (χ0) is 19.9. The number of hydrogen-bond acceptors (Lipinski definition) is 4. The maximum absolute atomic E-state index is 12.2. The van der Waals surface area contributed by atoms with Crippen molar-refractivity contribution in [3.05, 3.63) is 101 Å². The van der Waals surface area contributed by atoms with Crippen LogP contribution in [0.5, 0.6) is 0 Å². The quantitative estimate of drug-likeness (QED) is 0.332. The molecule has 0 aliphatic heterocycles. The van der Waals surface area contributed by atoms with Gasteiger partial charge in [-0.3, -0.25) is 4.79 Å². The lowest BCUT2D eigenvalue weighted by Gasteiger charge is -2.05. The molecule has 6 nitrogen and oxygen atoms in total. The number of nitrogens with one attached hydrogen (secondary N) is 1. The lowest BCUT2D eigenvalue weighted by atomic mass is 10.1. The Morgan fingerprint density at radius 1 is 0.929 bits per heavy atom. The number of aromatic nitrogens is 1. The molecule has 0 atom stereocenters. The second-order valence-electron chi connectivity index (χ2n) is 5.80. The summed E-state index contributed by atoms with van der Waals surface area (Å²) in [6.45, 7) is 0. The van der Waals surface area contributed by atoms with Gasteiger partial charge in [0.15, 0.2) is 12.4 Å². The number of benzene rings is 2. The average molecular weight is 372 g/mol. The summed E-state index contributed by atoms with van der Waals surface area (Å²) in [5.74, 6) is 5.26. The van der Waals surface area contributed by atoms with Crippen molar-refractivity contribution in [1.82, 2.24) is 0 Å². The molecule has 1 amide bonds. The molecule has 0 unspecified atom stereocenters. The Labute approximate surface area is 162 Å². The third kappa shape index (κ3) is 4.74. The van der Waals surface area contributed by atoms with E-state index in [0.717, 1.165) is 0 Å². The monoisotopic (exact) mass is 372 g/mol. The van der Waals surface area contributed by atoms with Crippen molar-refractivity contribution < 1.29 is 19.1 Å². The Morgan fingerprint density at radius 2 is 1.57 bits per heavy atom. The predicted octanol–water partition coefficient (Wildman–Crippen LogP) is 2.76. The maximum atomic E-state index is 12.2. The highest BCUT2D eigenvalue weighted by Crippen LogP contribution is 2.12. The van der Waals surface area contributed by atoms with Crippen LogP contribution in [0.4, 0.5) is 5.69 Å². The van der Waals surface area contributed by atoms with Gasteiger partial charge in [-0.2, -0.15) is 4.73 Å². The molecule has 2 aromatic carbocycles. The van der Waals surface area contributed by atoms with Crippen LogP contribution in [0.3, 0.4) is 0 Å². The third-order valence-electron chi connectivity index (χ3n) is 3.82. The minimum absolute atomic E-state index is 0.323. The van der Waals surface area contributed by atoms with E-state index < -0.39 is 5.97 Å². The Balaban J connectivity index is 1.76. The number of rotatable bonds is 3. The molecular weight excluding hydrogens is 356 g/mol. The van der Waals surface area contributed by atoms with Crippen LogP contribution < -0.4 is 10.0 Å². The second-order valence-corrected chi connectivity index (χ2v) is 5.80. The Morgan fingerprint density at radius 3 is 2.25 bits per heavy atom. The van der Waals surface area contributed by atoms with E-state index in [4.69, 9.17) is 4.74 Å². The summed E-state index contributed by atoms with van der Waals surface area (Å²) in [6.07, 6.45) is 2.53. The molecule has 0 aliphatic rings. The highest BCUT2D eigenvalue weighted by atomic mass is 16.5. The van der Waals surface area contributed by atoms with E-state index in [2.05, 4.69) is 17.2 Å². The largest absolute Gasteiger partial charge is 0.619 e. The average Bonchev–Trinajstić information content (AvgIpc) is 2.72. The third-order valence-corrected chi connectivity index (χ3v) is 3.82. The smallest absolute Gasteiger partial charge is 0.337 e. The molecule has 0 bridgehead atoms. The van der Waals surface area contributed by atoms with Gasteiger partial charge in [-0.15, -0.1) is 0 Å². The SMILES string of the molecule is COC(=O)c1cccc(C#Cc2cccc(NC(=O)c3cc[n+]([O-])cc3)c2)c1. The van der Waals surface area contributed by atoms with Crippen molar-refractivity contribution in [3.63, 3.8) is 0 Å². The van der Waals surface area contributed by atoms with Gasteiger partial charge in [-0.1, -0.05) is 24.0 Å². The summed E-state index contributed by atoms with van der Waals surface area (Å²) in [4.78, 5) is 23.8. The summed E-state index contributed by atoms with van der Waals surface area (Å²) in [5, 5.41) is 13.8. The van der Waals surface area contributed by atoms with Crippen LogP contribution in [0.15, 0.2) is 73.1 Å². The highest BCUT2D eigenvalue weighted by molar-refractivity contribution is 6.04. The summed E-state index contributed by atoms with van der Waals surface area (Å²) in [5.41, 5.74) is 2.76. The molecular formula is C22H16N2O4. The van der Waals surface area contributed by atoms with Crippen molar-refractivity contribution in [2.45, 2.75) is 0 Å². The molecule has 1 heterocycles. The van der Waals surface area contributed by atoms with Gasteiger partial charge in [0.25, 0.3) is 5.91 Å². The number of hydrogen-bond donors (Lipinski definition) is 1. The first-order valence-corrected chi connectivity index (χ1v) is 8.36. The lowest BCUT2D eigenvalue weighted by Crippen LogP contribution is -2.25. The van der Waals surface area contributed by atoms with Gasteiger partial charge in [0.2, 0.25) is 0 Å². The first-order valence-electron chi connectivity index (χ1n) is 8.36. The molecule has 3 aromatic rings. The van der Waals surface area contributed by atoms with Gasteiger partial charge >= 0.3 is 5.97 Å². The second kappa shape index (κ2) is 8.52. The summed E-state index contributed by atoms with van der Waals surface area (Å²) < 4.78 is 5.32. The van der Waals surface area contributed by atoms with E-state index in [9.17, 15) is 14.8 Å². The van der Waals surface area contributed by atoms with Crippen molar-refractivity contribution in [3.8, 4) is 11.8 Å². The number of amides is 1. The van der Waals surface area contributed by atoms with E-state index in [-0.39, 0.29) is 5.91 Å². The number of nitrogens with zero attached hydrogens (tertiary/aromatic N) is 1. The standard InChI is InChI=1S/C22H16N2O4/c1-28-22(26)19-6-2-4-16(14-19)8-9-17-5-3-7-20(15-17)23-21(25)18-10-12-24(27)13-11-18/h2-7,10-15H,1H3,(H,23,25). The first-order chi connectivity index (χ1) is 13.5. The van der Waals surface area contributed by atoms with Crippen molar-refractivity contribution >= 4 is 17.6 Å². The van der Waals surface area contributed by atoms with Crippen LogP contribution in [-0.4, -0.2) is 19.0 Å². The summed E-state index contributed by atoms with van der Waals surface area (Å²) in [7, 11) is 1.33. The fraction of sp³-hybridized carbons (Fsp3) is 0.0455. The number of carbonyl (C=O) groups excluding carboxylic acids is 2. The van der Waals surface area contributed by atoms with Gasteiger partial charge in [0, 0.05) is 28.9 Å². The van der Waals surface area contributed by atoms with Gasteiger partial charge in [0.1, 0.15) is 0 Å². The van der Waals surface area contributed by atoms with Crippen LogP contribution in [0.1, 0.15) is 31.8 Å². The minimum atomic E-state index is -0.420. The molecule has 0 spiro atoms. The van der Waals surface area contributed by atoms with E-state index >= 15 is 0 Å². The maximum Gasteiger partial charge on any atom is 0.337 e. The Kier molecular flexibility index (Phi) is 5.68. The number of ether oxygens (including phenoxy) is 1. The fourth-order valence-corrected chi connectivity index (χ4v) is 2.43. The topological polar surface area (TPSA) is 82.3 Å². The van der Waals surface area contributed by atoms with Gasteiger partial charge in [-0.25, -0.2) is 4.79 Å². The molecule has 0 saturated carbocycles. The molecule has 6 heteroatoms. The normalized spacial score (nSPS) is 9.75. The summed E-state index contributed by atoms with van der Waals surface area (Å²) >= 11 is 0. The number of pyridine rings is 1. The van der Waals surface area contributed by atoms with E-state index in [1.807, 2.05) is 6.07 Å². The molecule has 1 aromatic heterocycles. The zero-order valence-corrected chi connectivity index (χ0v) is 15.0. The minimum Gasteiger partial charge on any atom is -0.619 e. The number of methoxy groups -OCH3 is 1. The van der Waals surface area contributed by atoms with Gasteiger partial charge < -0.3 is 15.3 Å².